The number of nitrogens with zero attached hydrogens (tertiary/aromatic N) is 2. The molecule has 2 N–H and O–H groups in total. The molecule has 1 fully saturated rings. The third kappa shape index (κ3) is 6.23. The number of hydrogen-bond acceptors (Lipinski definition) is 7. The fourth-order valence-corrected chi connectivity index (χ4v) is 5.99. The SMILES string of the molecule is CNCc1cccnc1.COc1cncc2c1C1(O)CCC(c3ccccc3)C1(c1ccc(Br)cc1)O2.C[O-].[K+]. The largest absolute Gasteiger partial charge is 1.00 e. The summed E-state index contributed by atoms with van der Waals surface area (Å²) >= 11 is 3.52. The van der Waals surface area contributed by atoms with Crippen molar-refractivity contribution in [3.8, 4) is 11.5 Å². The van der Waals surface area contributed by atoms with Gasteiger partial charge in [-0.25, -0.2) is 0 Å². The monoisotopic (exact) mass is 629 g/mol. The number of fused-ring (bicyclic) bond motifs is 3. The minimum Gasteiger partial charge on any atom is -0.857 e. The smallest absolute Gasteiger partial charge is 0.857 e. The van der Waals surface area contributed by atoms with E-state index in [0.29, 0.717) is 23.5 Å². The molecule has 3 atom stereocenters. The summed E-state index contributed by atoms with van der Waals surface area (Å²) in [5, 5.41) is 23.4. The van der Waals surface area contributed by atoms with Crippen molar-refractivity contribution in [2.75, 3.05) is 21.3 Å². The number of pyridine rings is 2. The summed E-state index contributed by atoms with van der Waals surface area (Å²) in [4.78, 5) is 8.22. The number of rotatable bonds is 5. The normalized spacial score (nSPS) is 21.7. The molecule has 2 aromatic carbocycles. The molecule has 40 heavy (non-hydrogen) atoms. The van der Waals surface area contributed by atoms with Crippen LogP contribution in [0.4, 0.5) is 0 Å². The molecule has 9 heteroatoms. The Balaban J connectivity index is 0.000000313. The molecule has 1 aliphatic heterocycles. The molecular weight excluding hydrogens is 597 g/mol. The Morgan fingerprint density at radius 1 is 1.02 bits per heavy atom. The maximum Gasteiger partial charge on any atom is 1.00 e. The van der Waals surface area contributed by atoms with Crippen LogP contribution in [-0.4, -0.2) is 36.3 Å². The average molecular weight is 631 g/mol. The molecule has 6 rings (SSSR count). The summed E-state index contributed by atoms with van der Waals surface area (Å²) in [6, 6.07) is 22.3. The first-order valence-corrected chi connectivity index (χ1v) is 13.5. The van der Waals surface area contributed by atoms with Crippen molar-refractivity contribution in [3.05, 3.63) is 118 Å². The van der Waals surface area contributed by atoms with Crippen LogP contribution in [0.2, 0.25) is 0 Å². The molecule has 3 unspecified atom stereocenters. The van der Waals surface area contributed by atoms with E-state index in [-0.39, 0.29) is 57.3 Å². The minimum absolute atomic E-state index is 0. The van der Waals surface area contributed by atoms with Crippen molar-refractivity contribution in [1.82, 2.24) is 15.3 Å². The van der Waals surface area contributed by atoms with Crippen LogP contribution in [0.3, 0.4) is 0 Å². The number of halogens is 1. The van der Waals surface area contributed by atoms with E-state index in [4.69, 9.17) is 14.6 Å². The van der Waals surface area contributed by atoms with Gasteiger partial charge in [-0.1, -0.05) is 64.5 Å². The van der Waals surface area contributed by atoms with E-state index >= 15 is 0 Å². The quantitative estimate of drug-likeness (QED) is 0.324. The molecular formula is C31H33BrKN3O4. The van der Waals surface area contributed by atoms with Crippen LogP contribution in [0.15, 0.2) is 96.0 Å². The van der Waals surface area contributed by atoms with Crippen LogP contribution in [0, 0.1) is 0 Å². The van der Waals surface area contributed by atoms with Crippen LogP contribution in [0.1, 0.15) is 41.0 Å². The first-order valence-electron chi connectivity index (χ1n) is 12.7. The van der Waals surface area contributed by atoms with Gasteiger partial charge in [0.15, 0.2) is 5.60 Å². The molecule has 1 aliphatic carbocycles. The molecule has 2 aliphatic rings. The Hall–Kier alpha value is -1.66. The summed E-state index contributed by atoms with van der Waals surface area (Å²) < 4.78 is 13.2. The van der Waals surface area contributed by atoms with E-state index < -0.39 is 11.2 Å². The third-order valence-electron chi connectivity index (χ3n) is 7.26. The van der Waals surface area contributed by atoms with Gasteiger partial charge in [0.05, 0.1) is 25.1 Å². The van der Waals surface area contributed by atoms with Crippen LogP contribution in [0.5, 0.6) is 11.5 Å². The second-order valence-electron chi connectivity index (χ2n) is 9.31. The molecule has 0 bridgehead atoms. The Morgan fingerprint density at radius 2 is 1.75 bits per heavy atom. The van der Waals surface area contributed by atoms with Gasteiger partial charge in [0.25, 0.3) is 0 Å². The third-order valence-corrected chi connectivity index (χ3v) is 7.79. The summed E-state index contributed by atoms with van der Waals surface area (Å²) in [7, 11) is 4.27. The van der Waals surface area contributed by atoms with Crippen molar-refractivity contribution in [2.45, 2.75) is 36.5 Å². The number of benzene rings is 2. The first kappa shape index (κ1) is 32.8. The number of nitrogens with one attached hydrogen (secondary N) is 1. The van der Waals surface area contributed by atoms with Crippen molar-refractivity contribution in [1.29, 1.82) is 0 Å². The Labute approximate surface area is 286 Å². The van der Waals surface area contributed by atoms with Gasteiger partial charge in [0.2, 0.25) is 0 Å². The van der Waals surface area contributed by atoms with Crippen molar-refractivity contribution in [3.63, 3.8) is 0 Å². The van der Waals surface area contributed by atoms with Gasteiger partial charge in [0, 0.05) is 29.3 Å². The molecule has 204 valence electrons. The van der Waals surface area contributed by atoms with E-state index in [9.17, 15) is 5.11 Å². The fraction of sp³-hybridized carbons (Fsp3) is 0.290. The van der Waals surface area contributed by atoms with E-state index in [1.807, 2.05) is 67.8 Å². The number of methoxy groups -OCH3 is 1. The Kier molecular flexibility index (Phi) is 12.3. The molecule has 1 saturated carbocycles. The van der Waals surface area contributed by atoms with Crippen LogP contribution >= 0.6 is 15.9 Å². The van der Waals surface area contributed by atoms with Gasteiger partial charge in [-0.05, 0) is 54.8 Å². The number of aliphatic hydroxyl groups is 1. The molecule has 4 aromatic rings. The summed E-state index contributed by atoms with van der Waals surface area (Å²) in [5.41, 5.74) is 1.88. The molecule has 0 saturated heterocycles. The number of aromatic nitrogens is 2. The van der Waals surface area contributed by atoms with Gasteiger partial charge in [-0.2, -0.15) is 7.11 Å². The van der Waals surface area contributed by atoms with Crippen LogP contribution in [0.25, 0.3) is 0 Å². The predicted molar refractivity (Wildman–Crippen MR) is 152 cm³/mol. The molecule has 3 heterocycles. The van der Waals surface area contributed by atoms with Crippen molar-refractivity contribution >= 4 is 15.9 Å². The summed E-state index contributed by atoms with van der Waals surface area (Å²) in [6.45, 7) is 0.897. The molecule has 7 nitrogen and oxygen atoms in total. The second-order valence-corrected chi connectivity index (χ2v) is 10.2. The number of ether oxygens (including phenoxy) is 2. The van der Waals surface area contributed by atoms with Gasteiger partial charge in [-0.15, -0.1) is 0 Å². The van der Waals surface area contributed by atoms with Crippen molar-refractivity contribution < 1.29 is 71.1 Å². The van der Waals surface area contributed by atoms with Crippen LogP contribution < -0.4 is 71.3 Å². The topological polar surface area (TPSA) is 99.6 Å². The zero-order chi connectivity index (χ0) is 27.9. The first-order chi connectivity index (χ1) is 19.0. The minimum atomic E-state index is -1.20. The van der Waals surface area contributed by atoms with Gasteiger partial charge in [-0.3, -0.25) is 9.97 Å². The van der Waals surface area contributed by atoms with E-state index in [2.05, 4.69) is 43.3 Å². The van der Waals surface area contributed by atoms with Crippen molar-refractivity contribution in [2.24, 2.45) is 0 Å². The van der Waals surface area contributed by atoms with E-state index in [1.54, 1.807) is 25.7 Å². The van der Waals surface area contributed by atoms with Crippen LogP contribution in [-0.2, 0) is 17.7 Å². The second kappa shape index (κ2) is 15.0. The average Bonchev–Trinajstić information content (AvgIpc) is 3.43. The zero-order valence-corrected chi connectivity index (χ0v) is 28.0. The molecule has 0 amide bonds. The Morgan fingerprint density at radius 3 is 2.38 bits per heavy atom. The maximum atomic E-state index is 12.2. The van der Waals surface area contributed by atoms with E-state index in [1.165, 1.54) is 5.56 Å². The zero-order valence-electron chi connectivity index (χ0n) is 23.3. The number of hydrogen-bond donors (Lipinski definition) is 2. The standard InChI is InChI=1S/C23H20BrNO3.C7H10N2.CH3O.K/c1-27-19-13-25-14-20-21(19)22(26)12-11-18(15-5-3-2-4-6-15)23(22,28-20)16-7-9-17(24)10-8-16;1-8-5-7-3-2-4-9-6-7;1-2;/h2-10,13-14,18,26H,11-12H2,1H3;2-4,6,8H,5H2,1H3;1H3;/q;;-1;+1. The maximum absolute atomic E-state index is 12.2. The van der Waals surface area contributed by atoms with E-state index in [0.717, 1.165) is 35.7 Å². The molecule has 0 spiro atoms. The molecule has 0 radical (unpaired) electrons. The molecule has 2 aromatic heterocycles. The predicted octanol–water partition coefficient (Wildman–Crippen LogP) is 1.69. The summed E-state index contributed by atoms with van der Waals surface area (Å²) in [5.74, 6) is 1.15. The fourth-order valence-electron chi connectivity index (χ4n) is 5.72. The van der Waals surface area contributed by atoms with Gasteiger partial charge >= 0.3 is 51.4 Å². The van der Waals surface area contributed by atoms with Gasteiger partial charge in [0.1, 0.15) is 17.1 Å². The Bertz CT molecular complexity index is 1350. The van der Waals surface area contributed by atoms with Gasteiger partial charge < -0.3 is 25.0 Å². The summed E-state index contributed by atoms with van der Waals surface area (Å²) in [6.07, 6.45) is 8.34.